The highest BCUT2D eigenvalue weighted by molar-refractivity contribution is 5.77. The number of hydrogen-bond acceptors (Lipinski definition) is 20. The van der Waals surface area contributed by atoms with Gasteiger partial charge in [0.1, 0.15) is 67.1 Å². The molecule has 3 aliphatic heterocycles. The minimum Gasteiger partial charge on any atom is -0.477 e. The monoisotopic (exact) mass is 1580 g/mol. The summed E-state index contributed by atoms with van der Waals surface area (Å²) in [5, 5.41) is 137. The highest BCUT2D eigenvalue weighted by Crippen LogP contribution is 2.39. The van der Waals surface area contributed by atoms with Crippen molar-refractivity contribution in [1.82, 2.24) is 10.6 Å². The summed E-state index contributed by atoms with van der Waals surface area (Å²) in [5.74, 6) is -6.14. The second-order valence-electron chi connectivity index (χ2n) is 32.5. The molecule has 2 amide bonds. The molecule has 3 saturated heterocycles. The number of aliphatic hydroxyl groups excluding tert-OH is 11. The Labute approximate surface area is 669 Å². The third-order valence-corrected chi connectivity index (χ3v) is 22.6. The first-order valence-corrected chi connectivity index (χ1v) is 44.9. The molecule has 0 saturated carbocycles. The molecule has 0 aliphatic carbocycles. The van der Waals surface area contributed by atoms with Crippen LogP contribution in [-0.2, 0) is 42.8 Å². The van der Waals surface area contributed by atoms with Crippen LogP contribution in [0.1, 0.15) is 367 Å². The van der Waals surface area contributed by atoms with E-state index in [-0.39, 0.29) is 12.3 Å². The number of carbonyl (C=O) groups is 3. The van der Waals surface area contributed by atoms with Gasteiger partial charge in [0.15, 0.2) is 12.6 Å². The molecular weight excluding hydrogens is 1420 g/mol. The first kappa shape index (κ1) is 102. The first-order chi connectivity index (χ1) is 53.9. The van der Waals surface area contributed by atoms with Gasteiger partial charge in [-0.2, -0.15) is 0 Å². The van der Waals surface area contributed by atoms with E-state index in [1.54, 1.807) is 6.08 Å². The van der Waals surface area contributed by atoms with Crippen LogP contribution in [0.15, 0.2) is 36.5 Å². The van der Waals surface area contributed by atoms with Crippen LogP contribution < -0.4 is 10.6 Å². The maximum atomic E-state index is 13.6. The van der Waals surface area contributed by atoms with E-state index in [1.165, 1.54) is 270 Å². The standard InChI is InChI=1S/C88H162N2O21/c1-4-6-8-10-12-14-16-18-20-22-24-26-27-28-29-30-31-32-33-34-35-36-37-38-39-40-41-42-44-46-48-50-52-54-56-58-60-62-75(98)90-69(70(95)61-59-57-55-53-51-49-47-45-43-25-23-21-19-17-15-13-11-9-7-5-2)67-106-85-80(102)79(101)82(74(66-93)108-85)109-86-81(103)84(78(100)73(65-92)107-86)111-88(87(104)105)63-71(96)76(89-68(3)94)83(110-88)77(99)72(97)64-91/h29-30,32-33,59,61,69-74,76-86,91-93,95-97,99-103H,4-28,31,34-58,60,62-67H2,1-3H3,(H,89,94)(H,90,98)(H,104,105)/b30-29-,33-32-,61-59+. The van der Waals surface area contributed by atoms with Crippen molar-refractivity contribution in [3.05, 3.63) is 36.5 Å². The molecule has 0 spiro atoms. The average molecular weight is 1580 g/mol. The second-order valence-corrected chi connectivity index (χ2v) is 32.5. The van der Waals surface area contributed by atoms with Crippen molar-refractivity contribution in [1.29, 1.82) is 0 Å². The quantitative estimate of drug-likeness (QED) is 0.0199. The fourth-order valence-corrected chi connectivity index (χ4v) is 15.5. The lowest BCUT2D eigenvalue weighted by Crippen LogP contribution is -2.70. The van der Waals surface area contributed by atoms with Crippen LogP contribution in [0.4, 0.5) is 0 Å². The van der Waals surface area contributed by atoms with Gasteiger partial charge in [-0.05, 0) is 51.4 Å². The number of nitrogens with one attached hydrogen (secondary N) is 2. The molecule has 18 atom stereocenters. The molecule has 0 bridgehead atoms. The Bertz CT molecular complexity index is 2340. The lowest BCUT2D eigenvalue weighted by molar-refractivity contribution is -0.386. The summed E-state index contributed by atoms with van der Waals surface area (Å²) in [6.45, 7) is 2.20. The summed E-state index contributed by atoms with van der Waals surface area (Å²) in [5.41, 5.74) is 0. The smallest absolute Gasteiger partial charge is 0.364 e. The van der Waals surface area contributed by atoms with E-state index in [2.05, 4.69) is 48.8 Å². The van der Waals surface area contributed by atoms with Gasteiger partial charge >= 0.3 is 5.97 Å². The molecule has 3 aliphatic rings. The number of carboxylic acids is 1. The number of amides is 2. The zero-order valence-electron chi connectivity index (χ0n) is 69.3. The summed E-state index contributed by atoms with van der Waals surface area (Å²) < 4.78 is 35.0. The van der Waals surface area contributed by atoms with Crippen LogP contribution in [0.3, 0.4) is 0 Å². The minimum absolute atomic E-state index is 0.202. The number of hydrogen-bond donors (Lipinski definition) is 14. The number of aliphatic carboxylic acids is 1. The van der Waals surface area contributed by atoms with Gasteiger partial charge in [0.25, 0.3) is 5.79 Å². The Balaban J connectivity index is 1.43. The zero-order valence-corrected chi connectivity index (χ0v) is 69.3. The molecule has 0 aromatic heterocycles. The lowest BCUT2D eigenvalue weighted by atomic mass is 9.88. The summed E-state index contributed by atoms with van der Waals surface area (Å²) in [7, 11) is 0. The molecule has 650 valence electrons. The topological polar surface area (TPSA) is 373 Å². The SMILES string of the molecule is CCCCCCCCCCCCCCC/C=C\C/C=C\CCCCCCCCCCCCCCCCCCCC(=O)NC(COC1OC(CO)C(OC2OC(CO)C(O)C(OC3(C(=O)O)CC(O)C(NC(C)=O)C(C(O)C(O)CO)O3)C2O)C(O)C1O)C(O)/C=C/CCCCCCCCCCCCCCCCCCCC. The predicted molar refractivity (Wildman–Crippen MR) is 435 cm³/mol. The number of unbranched alkanes of at least 4 members (excludes halogenated alkanes) is 48. The predicted octanol–water partition coefficient (Wildman–Crippen LogP) is 14.0. The van der Waals surface area contributed by atoms with Crippen molar-refractivity contribution < 1.29 is 104 Å². The summed E-state index contributed by atoms with van der Waals surface area (Å²) in [6, 6.07) is -2.62. The van der Waals surface area contributed by atoms with Crippen molar-refractivity contribution in [2.75, 3.05) is 26.4 Å². The maximum absolute atomic E-state index is 13.6. The summed E-state index contributed by atoms with van der Waals surface area (Å²) in [6.07, 6.45) is 49.1. The largest absolute Gasteiger partial charge is 0.477 e. The van der Waals surface area contributed by atoms with Gasteiger partial charge in [-0.3, -0.25) is 9.59 Å². The van der Waals surface area contributed by atoms with Crippen LogP contribution in [0.2, 0.25) is 0 Å². The van der Waals surface area contributed by atoms with Crippen LogP contribution in [-0.4, -0.2) is 215 Å². The molecule has 0 aromatic carbocycles. The highest BCUT2D eigenvalue weighted by Gasteiger charge is 2.60. The highest BCUT2D eigenvalue weighted by atomic mass is 16.8. The zero-order chi connectivity index (χ0) is 81.0. The number of carboxylic acid groups (broad SMARTS) is 1. The first-order valence-electron chi connectivity index (χ1n) is 44.9. The second kappa shape index (κ2) is 65.9. The van der Waals surface area contributed by atoms with Crippen LogP contribution in [0.5, 0.6) is 0 Å². The minimum atomic E-state index is -3.08. The fourth-order valence-electron chi connectivity index (χ4n) is 15.5. The Morgan fingerprint density at radius 2 is 0.874 bits per heavy atom. The van der Waals surface area contributed by atoms with E-state index in [0.717, 1.165) is 58.3 Å². The van der Waals surface area contributed by atoms with Crippen molar-refractivity contribution in [2.45, 2.75) is 477 Å². The molecule has 18 unspecified atom stereocenters. The van der Waals surface area contributed by atoms with E-state index in [1.807, 2.05) is 6.08 Å². The van der Waals surface area contributed by atoms with E-state index >= 15 is 0 Å². The molecule has 111 heavy (non-hydrogen) atoms. The number of allylic oxidation sites excluding steroid dienone is 5. The molecule has 23 heteroatoms. The molecule has 0 aromatic rings. The number of aliphatic hydroxyl groups is 11. The summed E-state index contributed by atoms with van der Waals surface area (Å²) >= 11 is 0. The van der Waals surface area contributed by atoms with Gasteiger partial charge < -0.3 is 100 Å². The number of carbonyl (C=O) groups excluding carboxylic acids is 2. The lowest BCUT2D eigenvalue weighted by Gasteiger charge is -2.50. The van der Waals surface area contributed by atoms with Crippen molar-refractivity contribution in [2.24, 2.45) is 0 Å². The number of rotatable bonds is 72. The van der Waals surface area contributed by atoms with E-state index < -0.39 is 155 Å². The van der Waals surface area contributed by atoms with Crippen molar-refractivity contribution in [3.63, 3.8) is 0 Å². The van der Waals surface area contributed by atoms with Gasteiger partial charge in [0.05, 0.1) is 50.7 Å². The van der Waals surface area contributed by atoms with Crippen molar-refractivity contribution >= 4 is 17.8 Å². The molecule has 14 N–H and O–H groups in total. The average Bonchev–Trinajstić information content (AvgIpc) is 0.753. The normalized spacial score (nSPS) is 25.6. The molecule has 0 radical (unpaired) electrons. The molecule has 3 heterocycles. The van der Waals surface area contributed by atoms with Crippen LogP contribution in [0, 0.1) is 0 Å². The number of ether oxygens (including phenoxy) is 6. The van der Waals surface area contributed by atoms with E-state index in [9.17, 15) is 75.7 Å². The molecule has 23 nitrogen and oxygen atoms in total. The fraction of sp³-hybridized carbons (Fsp3) is 0.898. The van der Waals surface area contributed by atoms with Gasteiger partial charge in [0.2, 0.25) is 11.8 Å². The third-order valence-electron chi connectivity index (χ3n) is 22.6. The Hall–Kier alpha value is -3.05. The summed E-state index contributed by atoms with van der Waals surface area (Å²) in [4.78, 5) is 38.8. The Morgan fingerprint density at radius 3 is 1.27 bits per heavy atom. The van der Waals surface area contributed by atoms with E-state index in [4.69, 9.17) is 28.4 Å². The Morgan fingerprint density at radius 1 is 0.477 bits per heavy atom. The van der Waals surface area contributed by atoms with E-state index in [0.29, 0.717) is 12.8 Å². The van der Waals surface area contributed by atoms with Crippen molar-refractivity contribution in [3.8, 4) is 0 Å². The molecular formula is C88H162N2O21. The Kier molecular flexibility index (Phi) is 60.7. The van der Waals surface area contributed by atoms with Crippen LogP contribution >= 0.6 is 0 Å². The van der Waals surface area contributed by atoms with Gasteiger partial charge in [-0.25, -0.2) is 4.79 Å². The van der Waals surface area contributed by atoms with Gasteiger partial charge in [0, 0.05) is 19.8 Å². The van der Waals surface area contributed by atoms with Gasteiger partial charge in [-0.1, -0.05) is 333 Å². The van der Waals surface area contributed by atoms with Gasteiger partial charge in [-0.15, -0.1) is 0 Å². The molecule has 3 fully saturated rings. The molecule has 3 rings (SSSR count). The maximum Gasteiger partial charge on any atom is 0.364 e. The van der Waals surface area contributed by atoms with Crippen LogP contribution in [0.25, 0.3) is 0 Å². The third kappa shape index (κ3) is 44.9.